The van der Waals surface area contributed by atoms with Crippen LogP contribution in [0.15, 0.2) is 60.7 Å². The number of hydrogen-bond acceptors (Lipinski definition) is 5. The molecule has 0 fully saturated rings. The minimum absolute atomic E-state index is 0. The van der Waals surface area contributed by atoms with Gasteiger partial charge in [-0.3, -0.25) is 0 Å². The average molecular weight is 451 g/mol. The fourth-order valence-electron chi connectivity index (χ4n) is 2.31. The first-order chi connectivity index (χ1) is 15.3. The molecule has 0 aliphatic rings. The van der Waals surface area contributed by atoms with E-state index in [0.29, 0.717) is 13.0 Å². The van der Waals surface area contributed by atoms with Crippen LogP contribution in [0.3, 0.4) is 0 Å². The molecular weight excluding hydrogens is 412 g/mol. The first kappa shape index (κ1) is 26.5. The number of carbonyl (C=O) groups excluding carboxylic acids is 2. The maximum atomic E-state index is 11.3. The van der Waals surface area contributed by atoms with Crippen LogP contribution in [0, 0.1) is 0 Å². The summed E-state index contributed by atoms with van der Waals surface area (Å²) >= 11 is 0. The van der Waals surface area contributed by atoms with E-state index in [-0.39, 0.29) is 21.6 Å². The van der Waals surface area contributed by atoms with Crippen molar-refractivity contribution in [3.05, 3.63) is 71.8 Å². The number of amides is 2. The molecular formula is C24H36N2O6. The molecule has 2 amide bonds. The van der Waals surface area contributed by atoms with Crippen LogP contribution in [-0.4, -0.2) is 35.3 Å². The number of alkyl carbamates (subject to hydrolysis) is 2. The van der Waals surface area contributed by atoms with Crippen molar-refractivity contribution >= 4 is 18.2 Å². The Morgan fingerprint density at radius 2 is 1.25 bits per heavy atom. The van der Waals surface area contributed by atoms with Crippen molar-refractivity contribution in [2.24, 2.45) is 0 Å². The lowest BCUT2D eigenvalue weighted by molar-refractivity contribution is -0.139. The minimum Gasteiger partial charge on any atom is -0.480 e. The largest absolute Gasteiger partial charge is 0.480 e. The van der Waals surface area contributed by atoms with Crippen LogP contribution in [0.4, 0.5) is 9.59 Å². The van der Waals surface area contributed by atoms with Gasteiger partial charge in [-0.1, -0.05) is 74.5 Å². The summed E-state index contributed by atoms with van der Waals surface area (Å²) in [5.41, 5.74) is 1.85. The Bertz CT molecular complexity index is 825. The highest BCUT2D eigenvalue weighted by Crippen LogP contribution is 2.02. The quantitative estimate of drug-likeness (QED) is 0.496. The SMILES string of the molecule is CC[C@@H](NC(=O)OCc1ccccc1)C(=O)O.CC[C@H](C)NC(=O)OCc1ccccc1.[2HH].[2HH]. The maximum absolute atomic E-state index is 11.3. The second-order valence-corrected chi connectivity index (χ2v) is 7.02. The number of carbonyl (C=O) groups is 3. The summed E-state index contributed by atoms with van der Waals surface area (Å²) in [4.78, 5) is 33.2. The van der Waals surface area contributed by atoms with Gasteiger partial charge in [-0.15, -0.1) is 0 Å². The van der Waals surface area contributed by atoms with Gasteiger partial charge < -0.3 is 25.2 Å². The number of carboxylic acids is 1. The number of hydrogen-bond donors (Lipinski definition) is 3. The minimum atomic E-state index is -1.07. The molecule has 0 saturated heterocycles. The molecule has 0 unspecified atom stereocenters. The van der Waals surface area contributed by atoms with Crippen LogP contribution in [0.5, 0.6) is 0 Å². The van der Waals surface area contributed by atoms with Gasteiger partial charge in [0.25, 0.3) is 0 Å². The van der Waals surface area contributed by atoms with Crippen LogP contribution in [0.1, 0.15) is 47.6 Å². The smallest absolute Gasteiger partial charge is 0.408 e. The summed E-state index contributed by atoms with van der Waals surface area (Å²) in [5.74, 6) is -1.07. The van der Waals surface area contributed by atoms with Gasteiger partial charge in [0.05, 0.1) is 0 Å². The Morgan fingerprint density at radius 1 is 0.812 bits per heavy atom. The van der Waals surface area contributed by atoms with E-state index >= 15 is 0 Å². The van der Waals surface area contributed by atoms with Gasteiger partial charge in [-0.05, 0) is 30.9 Å². The van der Waals surface area contributed by atoms with E-state index in [9.17, 15) is 14.4 Å². The highest BCUT2D eigenvalue weighted by molar-refractivity contribution is 5.79. The predicted molar refractivity (Wildman–Crippen MR) is 125 cm³/mol. The number of rotatable bonds is 9. The summed E-state index contributed by atoms with van der Waals surface area (Å²) in [7, 11) is 0. The Balaban J connectivity index is 0. The summed E-state index contributed by atoms with van der Waals surface area (Å²) < 4.78 is 9.95. The van der Waals surface area contributed by atoms with E-state index < -0.39 is 18.1 Å². The molecule has 32 heavy (non-hydrogen) atoms. The molecule has 2 atom stereocenters. The van der Waals surface area contributed by atoms with Crippen molar-refractivity contribution in [3.8, 4) is 0 Å². The third-order valence-electron chi connectivity index (χ3n) is 4.40. The molecule has 0 aliphatic carbocycles. The highest BCUT2D eigenvalue weighted by Gasteiger charge is 2.18. The zero-order valence-corrected chi connectivity index (χ0v) is 18.7. The molecule has 0 radical (unpaired) electrons. The van der Waals surface area contributed by atoms with E-state index in [1.54, 1.807) is 6.92 Å². The molecule has 178 valence electrons. The fraction of sp³-hybridized carbons (Fsp3) is 0.375. The zero-order valence-electron chi connectivity index (χ0n) is 18.7. The lowest BCUT2D eigenvalue weighted by Crippen LogP contribution is -2.40. The van der Waals surface area contributed by atoms with Crippen molar-refractivity contribution in [1.29, 1.82) is 0 Å². The summed E-state index contributed by atoms with van der Waals surface area (Å²) in [6.45, 7) is 6.09. The fourth-order valence-corrected chi connectivity index (χ4v) is 2.31. The van der Waals surface area contributed by atoms with Gasteiger partial charge >= 0.3 is 18.2 Å². The third kappa shape index (κ3) is 11.6. The topological polar surface area (TPSA) is 114 Å². The maximum Gasteiger partial charge on any atom is 0.408 e. The molecule has 3 N–H and O–H groups in total. The van der Waals surface area contributed by atoms with Gasteiger partial charge in [-0.25, -0.2) is 14.4 Å². The van der Waals surface area contributed by atoms with E-state index in [0.717, 1.165) is 17.5 Å². The molecule has 8 nitrogen and oxygen atoms in total. The van der Waals surface area contributed by atoms with Crippen LogP contribution in [-0.2, 0) is 27.5 Å². The van der Waals surface area contributed by atoms with Crippen molar-refractivity contribution < 1.29 is 31.8 Å². The molecule has 0 saturated carbocycles. The third-order valence-corrected chi connectivity index (χ3v) is 4.40. The number of nitrogens with one attached hydrogen (secondary N) is 2. The monoisotopic (exact) mass is 450 g/mol. The number of carboxylic acid groups (broad SMARTS) is 1. The molecule has 0 heterocycles. The van der Waals surface area contributed by atoms with Gasteiger partial charge in [-0.2, -0.15) is 0 Å². The second-order valence-electron chi connectivity index (χ2n) is 7.02. The van der Waals surface area contributed by atoms with Gasteiger partial charge in [0.2, 0.25) is 0 Å². The Hall–Kier alpha value is -3.55. The Labute approximate surface area is 191 Å². The molecule has 2 rings (SSSR count). The molecule has 0 spiro atoms. The lowest BCUT2D eigenvalue weighted by Gasteiger charge is -2.12. The van der Waals surface area contributed by atoms with Crippen molar-refractivity contribution in [3.63, 3.8) is 0 Å². The summed E-state index contributed by atoms with van der Waals surface area (Å²) in [5, 5.41) is 13.8. The summed E-state index contributed by atoms with van der Waals surface area (Å²) in [6.07, 6.45) is 0.146. The predicted octanol–water partition coefficient (Wildman–Crippen LogP) is 4.98. The normalized spacial score (nSPS) is 11.7. The standard InChI is InChI=1S/C12H15NO4.C12H17NO2.2H2/c1-2-10(11(14)15)13-12(16)17-8-9-6-4-3-5-7-9;1-3-10(2)13-12(14)15-9-11-7-5-4-6-8-11;;/h3-7,10H,2,8H2,1H3,(H,13,16)(H,14,15);4-8,10H,3,9H2,1-2H3,(H,13,14);2*1H/t2*10-;;/m10../s1/i;;2*1+1. The molecule has 8 heteroatoms. The molecule has 0 aromatic heterocycles. The number of aliphatic carboxylic acids is 1. The first-order valence-electron chi connectivity index (χ1n) is 10.5. The lowest BCUT2D eigenvalue weighted by atomic mass is 10.2. The van der Waals surface area contributed by atoms with E-state index in [2.05, 4.69) is 10.6 Å². The Kier molecular flexibility index (Phi) is 12.6. The van der Waals surface area contributed by atoms with Gasteiger partial charge in [0.1, 0.15) is 19.3 Å². The zero-order chi connectivity index (χ0) is 23.8. The van der Waals surface area contributed by atoms with E-state index in [1.807, 2.05) is 74.5 Å². The molecule has 2 aromatic carbocycles. The van der Waals surface area contributed by atoms with E-state index in [1.165, 1.54) is 0 Å². The van der Waals surface area contributed by atoms with Crippen molar-refractivity contribution in [2.75, 3.05) is 0 Å². The molecule has 0 aliphatic heterocycles. The second kappa shape index (κ2) is 15.3. The average Bonchev–Trinajstić information content (AvgIpc) is 2.81. The van der Waals surface area contributed by atoms with E-state index in [4.69, 9.17) is 14.6 Å². The molecule has 0 bridgehead atoms. The summed E-state index contributed by atoms with van der Waals surface area (Å²) in [6, 6.07) is 18.1. The first-order valence-corrected chi connectivity index (χ1v) is 10.5. The van der Waals surface area contributed by atoms with Crippen molar-refractivity contribution in [1.82, 2.24) is 10.6 Å². The van der Waals surface area contributed by atoms with Crippen LogP contribution in [0.2, 0.25) is 0 Å². The molecule has 2 aromatic rings. The Morgan fingerprint density at radius 3 is 1.62 bits per heavy atom. The number of benzene rings is 2. The number of ether oxygens (including phenoxy) is 2. The highest BCUT2D eigenvalue weighted by atomic mass is 16.6. The van der Waals surface area contributed by atoms with Gasteiger partial charge in [0, 0.05) is 8.90 Å². The van der Waals surface area contributed by atoms with Gasteiger partial charge in [0.15, 0.2) is 0 Å². The van der Waals surface area contributed by atoms with Crippen LogP contribution < -0.4 is 10.6 Å². The van der Waals surface area contributed by atoms with Crippen molar-refractivity contribution in [2.45, 2.75) is 58.9 Å². The van der Waals surface area contributed by atoms with Crippen LogP contribution >= 0.6 is 0 Å². The van der Waals surface area contributed by atoms with Crippen LogP contribution in [0.25, 0.3) is 0 Å².